The molecule has 0 saturated carbocycles. The zero-order valence-corrected chi connectivity index (χ0v) is 12.2. The normalized spacial score (nSPS) is 15.2. The number of carbonyl (C=O) groups excluding carboxylic acids is 1. The van der Waals surface area contributed by atoms with Crippen molar-refractivity contribution in [2.45, 2.75) is 0 Å². The molecule has 0 bridgehead atoms. The largest absolute Gasteiger partial charge is 0.366 e. The molecule has 1 aliphatic rings. The summed E-state index contributed by atoms with van der Waals surface area (Å²) in [5.41, 5.74) is 0.626. The molecule has 1 fully saturated rings. The Bertz CT molecular complexity index is 473. The predicted molar refractivity (Wildman–Crippen MR) is 82.7 cm³/mol. The van der Waals surface area contributed by atoms with Crippen LogP contribution in [0.1, 0.15) is 0 Å². The fourth-order valence-corrected chi connectivity index (χ4v) is 2.87. The van der Waals surface area contributed by atoms with Crippen molar-refractivity contribution in [1.82, 2.24) is 4.90 Å². The van der Waals surface area contributed by atoms with E-state index in [1.165, 1.54) is 6.07 Å². The van der Waals surface area contributed by atoms with Crippen LogP contribution in [0.4, 0.5) is 10.1 Å². The van der Waals surface area contributed by atoms with Gasteiger partial charge in [-0.15, -0.1) is 18.3 Å². The molecule has 1 aromatic rings. The first kappa shape index (κ1) is 14.9. The summed E-state index contributed by atoms with van der Waals surface area (Å²) in [6.07, 6.45) is 1.80. The van der Waals surface area contributed by atoms with Gasteiger partial charge >= 0.3 is 0 Å². The van der Waals surface area contributed by atoms with Crippen molar-refractivity contribution in [3.63, 3.8) is 0 Å². The van der Waals surface area contributed by atoms with E-state index in [4.69, 9.17) is 0 Å². The third-order valence-corrected chi connectivity index (χ3v) is 4.21. The van der Waals surface area contributed by atoms with Gasteiger partial charge in [-0.3, -0.25) is 4.79 Å². The fraction of sp³-hybridized carbons (Fsp3) is 0.400. The second-order valence-electron chi connectivity index (χ2n) is 4.62. The van der Waals surface area contributed by atoms with Gasteiger partial charge in [0.1, 0.15) is 5.82 Å². The number of para-hydroxylation sites is 1. The summed E-state index contributed by atoms with van der Waals surface area (Å²) in [7, 11) is 0. The summed E-state index contributed by atoms with van der Waals surface area (Å²) in [6, 6.07) is 6.78. The first-order valence-electron chi connectivity index (χ1n) is 6.68. The summed E-state index contributed by atoms with van der Waals surface area (Å²) in [5.74, 6) is 1.24. The SMILES string of the molecule is C=CCSCC(=O)N1CCN(c2ccccc2F)CC1. The predicted octanol–water partition coefficient (Wildman–Crippen LogP) is 2.39. The Balaban J connectivity index is 1.85. The Morgan fingerprint density at radius 1 is 1.30 bits per heavy atom. The van der Waals surface area contributed by atoms with E-state index in [0.29, 0.717) is 37.6 Å². The molecule has 0 aromatic heterocycles. The molecule has 1 aliphatic heterocycles. The first-order chi connectivity index (χ1) is 9.72. The third kappa shape index (κ3) is 3.76. The minimum Gasteiger partial charge on any atom is -0.366 e. The highest BCUT2D eigenvalue weighted by Crippen LogP contribution is 2.20. The lowest BCUT2D eigenvalue weighted by atomic mass is 10.2. The first-order valence-corrected chi connectivity index (χ1v) is 7.83. The van der Waals surface area contributed by atoms with E-state index in [2.05, 4.69) is 6.58 Å². The number of nitrogens with zero attached hydrogens (tertiary/aromatic N) is 2. The molecule has 0 aliphatic carbocycles. The number of thioether (sulfide) groups is 1. The Morgan fingerprint density at radius 2 is 2.00 bits per heavy atom. The van der Waals surface area contributed by atoms with E-state index < -0.39 is 0 Å². The molecule has 0 unspecified atom stereocenters. The lowest BCUT2D eigenvalue weighted by Crippen LogP contribution is -2.49. The summed E-state index contributed by atoms with van der Waals surface area (Å²) < 4.78 is 13.7. The Hall–Kier alpha value is -1.49. The smallest absolute Gasteiger partial charge is 0.232 e. The number of amides is 1. The van der Waals surface area contributed by atoms with E-state index in [1.807, 2.05) is 15.9 Å². The number of rotatable bonds is 5. The molecule has 0 N–H and O–H groups in total. The molecule has 20 heavy (non-hydrogen) atoms. The van der Waals surface area contributed by atoms with Gasteiger partial charge in [-0.1, -0.05) is 18.2 Å². The van der Waals surface area contributed by atoms with Crippen molar-refractivity contribution in [2.24, 2.45) is 0 Å². The molecule has 0 spiro atoms. The maximum Gasteiger partial charge on any atom is 0.232 e. The summed E-state index contributed by atoms with van der Waals surface area (Å²) in [5, 5.41) is 0. The van der Waals surface area contributed by atoms with Crippen molar-refractivity contribution in [3.8, 4) is 0 Å². The monoisotopic (exact) mass is 294 g/mol. The van der Waals surface area contributed by atoms with Crippen LogP contribution in [0.2, 0.25) is 0 Å². The number of halogens is 1. The topological polar surface area (TPSA) is 23.6 Å². The van der Waals surface area contributed by atoms with E-state index in [1.54, 1.807) is 30.0 Å². The van der Waals surface area contributed by atoms with Crippen LogP contribution in [-0.4, -0.2) is 48.5 Å². The number of anilines is 1. The number of benzene rings is 1. The standard InChI is InChI=1S/C15H19FN2OS/c1-2-11-20-12-15(19)18-9-7-17(8-10-18)14-6-4-3-5-13(14)16/h2-6H,1,7-12H2. The van der Waals surface area contributed by atoms with Crippen molar-refractivity contribution in [3.05, 3.63) is 42.7 Å². The van der Waals surface area contributed by atoms with Crippen LogP contribution in [0.3, 0.4) is 0 Å². The zero-order valence-electron chi connectivity index (χ0n) is 11.4. The molecular formula is C15H19FN2OS. The summed E-state index contributed by atoms with van der Waals surface area (Å²) in [6.45, 7) is 6.30. The summed E-state index contributed by atoms with van der Waals surface area (Å²) >= 11 is 1.57. The van der Waals surface area contributed by atoms with Crippen LogP contribution < -0.4 is 4.90 Å². The van der Waals surface area contributed by atoms with Crippen LogP contribution in [0, 0.1) is 5.82 Å². The highest BCUT2D eigenvalue weighted by Gasteiger charge is 2.22. The van der Waals surface area contributed by atoms with Crippen LogP contribution in [-0.2, 0) is 4.79 Å². The highest BCUT2D eigenvalue weighted by atomic mass is 32.2. The molecule has 2 rings (SSSR count). The molecule has 0 radical (unpaired) electrons. The second kappa shape index (κ2) is 7.33. The molecule has 1 saturated heterocycles. The van der Waals surface area contributed by atoms with Gasteiger partial charge in [-0.25, -0.2) is 4.39 Å². The highest BCUT2D eigenvalue weighted by molar-refractivity contribution is 8.00. The van der Waals surface area contributed by atoms with Crippen molar-refractivity contribution in [1.29, 1.82) is 0 Å². The van der Waals surface area contributed by atoms with Crippen molar-refractivity contribution < 1.29 is 9.18 Å². The van der Waals surface area contributed by atoms with Gasteiger partial charge in [0.15, 0.2) is 0 Å². The minimum atomic E-state index is -0.200. The lowest BCUT2D eigenvalue weighted by molar-refractivity contribution is -0.128. The van der Waals surface area contributed by atoms with Gasteiger partial charge < -0.3 is 9.80 Å². The molecule has 108 valence electrons. The molecule has 1 aromatic carbocycles. The molecule has 5 heteroatoms. The van der Waals surface area contributed by atoms with Crippen LogP contribution >= 0.6 is 11.8 Å². The molecule has 1 amide bonds. The Kier molecular flexibility index (Phi) is 5.47. The van der Waals surface area contributed by atoms with Crippen molar-refractivity contribution >= 4 is 23.4 Å². The van der Waals surface area contributed by atoms with E-state index in [0.717, 1.165) is 5.75 Å². The van der Waals surface area contributed by atoms with Gasteiger partial charge in [0.05, 0.1) is 11.4 Å². The molecule has 3 nitrogen and oxygen atoms in total. The van der Waals surface area contributed by atoms with Gasteiger partial charge in [-0.05, 0) is 12.1 Å². The number of hydrogen-bond donors (Lipinski definition) is 0. The maximum atomic E-state index is 13.7. The van der Waals surface area contributed by atoms with E-state index in [-0.39, 0.29) is 11.7 Å². The fourth-order valence-electron chi connectivity index (χ4n) is 2.23. The zero-order chi connectivity index (χ0) is 14.4. The number of hydrogen-bond acceptors (Lipinski definition) is 3. The second-order valence-corrected chi connectivity index (χ2v) is 5.65. The minimum absolute atomic E-state index is 0.157. The van der Waals surface area contributed by atoms with E-state index >= 15 is 0 Å². The van der Waals surface area contributed by atoms with Gasteiger partial charge in [0, 0.05) is 31.9 Å². The van der Waals surface area contributed by atoms with Gasteiger partial charge in [0.25, 0.3) is 0 Å². The van der Waals surface area contributed by atoms with Gasteiger partial charge in [-0.2, -0.15) is 0 Å². The maximum absolute atomic E-state index is 13.7. The van der Waals surface area contributed by atoms with Crippen LogP contribution in [0.15, 0.2) is 36.9 Å². The average Bonchev–Trinajstić information content (AvgIpc) is 2.48. The number of carbonyl (C=O) groups is 1. The van der Waals surface area contributed by atoms with Crippen molar-refractivity contribution in [2.75, 3.05) is 42.6 Å². The van der Waals surface area contributed by atoms with E-state index in [9.17, 15) is 9.18 Å². The van der Waals surface area contributed by atoms with Crippen LogP contribution in [0.5, 0.6) is 0 Å². The lowest BCUT2D eigenvalue weighted by Gasteiger charge is -2.36. The quantitative estimate of drug-likeness (QED) is 0.615. The Morgan fingerprint density at radius 3 is 2.65 bits per heavy atom. The molecular weight excluding hydrogens is 275 g/mol. The number of piperazine rings is 1. The average molecular weight is 294 g/mol. The van der Waals surface area contributed by atoms with Crippen LogP contribution in [0.25, 0.3) is 0 Å². The third-order valence-electron chi connectivity index (χ3n) is 3.29. The van der Waals surface area contributed by atoms with Gasteiger partial charge in [0.2, 0.25) is 5.91 Å². The molecule has 1 heterocycles. The molecule has 0 atom stereocenters. The Labute approximate surface area is 123 Å². The summed E-state index contributed by atoms with van der Waals surface area (Å²) in [4.78, 5) is 15.8.